The molecule has 1 aliphatic heterocycles. The summed E-state index contributed by atoms with van der Waals surface area (Å²) in [6.45, 7) is 4.94. The van der Waals surface area contributed by atoms with Crippen LogP contribution in [0.2, 0.25) is 5.02 Å². The Bertz CT molecular complexity index is 1130. The van der Waals surface area contributed by atoms with Gasteiger partial charge in [-0.25, -0.2) is 5.10 Å². The van der Waals surface area contributed by atoms with Crippen LogP contribution in [0.1, 0.15) is 17.8 Å². The number of halogens is 2. The van der Waals surface area contributed by atoms with Crippen LogP contribution in [-0.4, -0.2) is 44.2 Å². The van der Waals surface area contributed by atoms with Crippen molar-refractivity contribution in [2.75, 3.05) is 18.0 Å². The Morgan fingerprint density at radius 3 is 2.86 bits per heavy atom. The lowest BCUT2D eigenvalue weighted by Gasteiger charge is -2.19. The molecule has 3 aromatic rings. The molecular weight excluding hydrogens is 399 g/mol. The maximum atomic E-state index is 14.2. The molecule has 29 heavy (non-hydrogen) atoms. The van der Waals surface area contributed by atoms with Crippen LogP contribution in [0.25, 0.3) is 11.1 Å². The van der Waals surface area contributed by atoms with Crippen LogP contribution in [0.4, 0.5) is 10.1 Å². The molecule has 1 saturated heterocycles. The van der Waals surface area contributed by atoms with Crippen LogP contribution in [-0.2, 0) is 7.05 Å². The van der Waals surface area contributed by atoms with Crippen molar-refractivity contribution < 1.29 is 9.13 Å². The van der Waals surface area contributed by atoms with Crippen molar-refractivity contribution in [3.63, 3.8) is 0 Å². The average Bonchev–Trinajstić information content (AvgIpc) is 3.21. The number of aryl methyl sites for hydroxylation is 2. The van der Waals surface area contributed by atoms with Gasteiger partial charge in [-0.2, -0.15) is 19.6 Å². The number of rotatable bonds is 4. The van der Waals surface area contributed by atoms with E-state index in [1.54, 1.807) is 10.7 Å². The van der Waals surface area contributed by atoms with E-state index in [0.717, 1.165) is 17.0 Å². The molecule has 8 nitrogen and oxygen atoms in total. The molecule has 0 aliphatic carbocycles. The number of nitrogens with zero attached hydrogens (tertiary/aromatic N) is 5. The van der Waals surface area contributed by atoms with E-state index in [-0.39, 0.29) is 17.0 Å². The Morgan fingerprint density at radius 2 is 2.14 bits per heavy atom. The number of pyridine rings is 1. The maximum absolute atomic E-state index is 14.2. The molecule has 0 unspecified atom stereocenters. The van der Waals surface area contributed by atoms with Gasteiger partial charge < -0.3 is 9.64 Å². The molecule has 10 heteroatoms. The normalized spacial score (nSPS) is 16.4. The smallest absolute Gasteiger partial charge is 0.285 e. The van der Waals surface area contributed by atoms with Crippen molar-refractivity contribution in [3.8, 4) is 17.0 Å². The summed E-state index contributed by atoms with van der Waals surface area (Å²) in [6, 6.07) is 3.11. The van der Waals surface area contributed by atoms with E-state index in [4.69, 9.17) is 16.3 Å². The predicted octanol–water partition coefficient (Wildman–Crippen LogP) is 2.63. The Kier molecular flexibility index (Phi) is 4.99. The third-order valence-corrected chi connectivity index (χ3v) is 5.48. The average molecular weight is 419 g/mol. The zero-order chi connectivity index (χ0) is 20.7. The van der Waals surface area contributed by atoms with Crippen molar-refractivity contribution >= 4 is 17.3 Å². The van der Waals surface area contributed by atoms with Gasteiger partial charge in [0.05, 0.1) is 24.1 Å². The van der Waals surface area contributed by atoms with Gasteiger partial charge in [0.25, 0.3) is 5.56 Å². The fourth-order valence-electron chi connectivity index (χ4n) is 3.68. The minimum atomic E-state index is -0.614. The van der Waals surface area contributed by atoms with Crippen LogP contribution in [0.3, 0.4) is 0 Å². The molecule has 0 radical (unpaired) electrons. The van der Waals surface area contributed by atoms with Crippen LogP contribution in [0.15, 0.2) is 23.1 Å². The van der Waals surface area contributed by atoms with E-state index in [2.05, 4.69) is 20.3 Å². The number of ether oxygens (including phenoxy) is 1. The molecule has 0 amide bonds. The summed E-state index contributed by atoms with van der Waals surface area (Å²) in [7, 11) is 1.85. The minimum absolute atomic E-state index is 0.0920. The summed E-state index contributed by atoms with van der Waals surface area (Å²) in [4.78, 5) is 17.5. The largest absolute Gasteiger partial charge is 0.472 e. The van der Waals surface area contributed by atoms with E-state index in [1.165, 1.54) is 12.3 Å². The molecule has 0 bridgehead atoms. The Balaban J connectivity index is 1.56. The zero-order valence-electron chi connectivity index (χ0n) is 16.2. The summed E-state index contributed by atoms with van der Waals surface area (Å²) in [5.74, 6) is -0.401. The number of hydrogen-bond donors (Lipinski definition) is 1. The SMILES string of the molecule is Cc1nn(C)c(C)c1-c1cc(F)nc(O[C@@H]2CCN(c3cn[nH]c(=O)c3Cl)C2)c1. The summed E-state index contributed by atoms with van der Waals surface area (Å²) < 4.78 is 21.9. The highest BCUT2D eigenvalue weighted by atomic mass is 35.5. The Labute approximate surface area is 171 Å². The second kappa shape index (κ2) is 7.47. The zero-order valence-corrected chi connectivity index (χ0v) is 17.0. The molecule has 152 valence electrons. The first-order valence-electron chi connectivity index (χ1n) is 9.16. The fraction of sp³-hybridized carbons (Fsp3) is 0.368. The van der Waals surface area contributed by atoms with Gasteiger partial charge in [0.1, 0.15) is 11.1 Å². The number of aromatic amines is 1. The number of nitrogens with one attached hydrogen (secondary N) is 1. The van der Waals surface area contributed by atoms with Gasteiger partial charge >= 0.3 is 0 Å². The molecule has 1 fully saturated rings. The molecule has 0 spiro atoms. The molecule has 4 heterocycles. The predicted molar refractivity (Wildman–Crippen MR) is 107 cm³/mol. The van der Waals surface area contributed by atoms with Crippen molar-refractivity contribution in [2.45, 2.75) is 26.4 Å². The van der Waals surface area contributed by atoms with Crippen molar-refractivity contribution in [3.05, 3.63) is 51.0 Å². The molecular formula is C19H20ClFN6O2. The van der Waals surface area contributed by atoms with Gasteiger partial charge in [-0.15, -0.1) is 0 Å². The van der Waals surface area contributed by atoms with Crippen molar-refractivity contribution in [1.29, 1.82) is 0 Å². The fourth-order valence-corrected chi connectivity index (χ4v) is 3.89. The highest BCUT2D eigenvalue weighted by Crippen LogP contribution is 2.31. The molecule has 4 rings (SSSR count). The first kappa shape index (κ1) is 19.4. The Hall–Kier alpha value is -2.94. The van der Waals surface area contributed by atoms with E-state index in [1.807, 2.05) is 25.8 Å². The lowest BCUT2D eigenvalue weighted by Crippen LogP contribution is -2.26. The quantitative estimate of drug-likeness (QED) is 0.655. The standard InChI is InChI=1S/C19H20ClFN6O2/c1-10-17(11(2)26(3)25-10)12-6-15(21)23-16(7-12)29-13-4-5-27(9-13)14-8-22-24-19(28)18(14)20/h6-8,13H,4-5,9H2,1-3H3,(H,24,28)/t13-/m1/s1. The first-order chi connectivity index (χ1) is 13.8. The lowest BCUT2D eigenvalue weighted by molar-refractivity contribution is 0.213. The van der Waals surface area contributed by atoms with Crippen molar-refractivity contribution in [2.24, 2.45) is 7.05 Å². The van der Waals surface area contributed by atoms with Gasteiger partial charge in [0, 0.05) is 43.4 Å². The second-order valence-corrected chi connectivity index (χ2v) is 7.44. The van der Waals surface area contributed by atoms with E-state index in [0.29, 0.717) is 30.8 Å². The third-order valence-electron chi connectivity index (χ3n) is 5.12. The number of aromatic nitrogens is 5. The van der Waals surface area contributed by atoms with Gasteiger partial charge in [0.2, 0.25) is 11.8 Å². The molecule has 1 atom stereocenters. The van der Waals surface area contributed by atoms with Crippen LogP contribution in [0, 0.1) is 19.8 Å². The van der Waals surface area contributed by atoms with Crippen LogP contribution < -0.4 is 15.2 Å². The summed E-state index contributed by atoms with van der Waals surface area (Å²) >= 11 is 6.09. The maximum Gasteiger partial charge on any atom is 0.285 e. The summed E-state index contributed by atoms with van der Waals surface area (Å²) in [5, 5.41) is 10.6. The van der Waals surface area contributed by atoms with Gasteiger partial charge in [-0.1, -0.05) is 11.6 Å². The van der Waals surface area contributed by atoms with Crippen molar-refractivity contribution in [1.82, 2.24) is 25.0 Å². The topological polar surface area (TPSA) is 88.9 Å². The van der Waals surface area contributed by atoms with E-state index in [9.17, 15) is 9.18 Å². The molecule has 0 saturated carbocycles. The monoisotopic (exact) mass is 418 g/mol. The second-order valence-electron chi connectivity index (χ2n) is 7.06. The Morgan fingerprint density at radius 1 is 1.34 bits per heavy atom. The van der Waals surface area contributed by atoms with Gasteiger partial charge in [-0.05, 0) is 19.4 Å². The van der Waals surface area contributed by atoms with E-state index < -0.39 is 11.5 Å². The van der Waals surface area contributed by atoms with Crippen LogP contribution in [0.5, 0.6) is 5.88 Å². The number of H-pyrrole nitrogens is 1. The lowest BCUT2D eigenvalue weighted by atomic mass is 10.1. The molecule has 1 N–H and O–H groups in total. The summed E-state index contributed by atoms with van der Waals surface area (Å²) in [5.41, 5.74) is 3.40. The number of hydrogen-bond acceptors (Lipinski definition) is 6. The third kappa shape index (κ3) is 3.69. The van der Waals surface area contributed by atoms with E-state index >= 15 is 0 Å². The molecule has 0 aromatic carbocycles. The van der Waals surface area contributed by atoms with Gasteiger partial charge in [-0.3, -0.25) is 9.48 Å². The molecule has 3 aromatic heterocycles. The summed E-state index contributed by atoms with van der Waals surface area (Å²) in [6.07, 6.45) is 1.98. The molecule has 1 aliphatic rings. The van der Waals surface area contributed by atoms with Crippen LogP contribution >= 0.6 is 11.6 Å². The van der Waals surface area contributed by atoms with Gasteiger partial charge in [0.15, 0.2) is 0 Å². The highest BCUT2D eigenvalue weighted by molar-refractivity contribution is 6.33. The highest BCUT2D eigenvalue weighted by Gasteiger charge is 2.27. The number of anilines is 1. The minimum Gasteiger partial charge on any atom is -0.472 e. The first-order valence-corrected chi connectivity index (χ1v) is 9.54.